The zero-order chi connectivity index (χ0) is 12.4. The quantitative estimate of drug-likeness (QED) is 0.846. The molecule has 0 saturated carbocycles. The van der Waals surface area contributed by atoms with Crippen LogP contribution in [0.4, 0.5) is 11.5 Å². The highest BCUT2D eigenvalue weighted by Crippen LogP contribution is 2.32. The Labute approximate surface area is 107 Å². The number of nitrogens with two attached hydrogens (primary N) is 1. The summed E-state index contributed by atoms with van der Waals surface area (Å²) < 4.78 is 0. The number of hydrogen-bond donors (Lipinski definition) is 2. The first kappa shape index (κ1) is 11.1. The van der Waals surface area contributed by atoms with Crippen molar-refractivity contribution in [3.63, 3.8) is 0 Å². The molecular weight excluding hydrogens is 222 g/mol. The van der Waals surface area contributed by atoms with Crippen molar-refractivity contribution in [1.29, 1.82) is 0 Å². The average Bonchev–Trinajstić information content (AvgIpc) is 2.42. The van der Waals surface area contributed by atoms with E-state index in [0.29, 0.717) is 11.9 Å². The van der Waals surface area contributed by atoms with Crippen molar-refractivity contribution in [2.24, 2.45) is 0 Å². The first-order chi connectivity index (χ1) is 8.83. The molecule has 1 atom stereocenters. The van der Waals surface area contributed by atoms with E-state index in [1.165, 1.54) is 30.4 Å². The van der Waals surface area contributed by atoms with Gasteiger partial charge < -0.3 is 11.1 Å². The fourth-order valence-corrected chi connectivity index (χ4v) is 2.60. The van der Waals surface area contributed by atoms with Crippen molar-refractivity contribution < 1.29 is 0 Å². The molecule has 0 radical (unpaired) electrons. The van der Waals surface area contributed by atoms with Crippen molar-refractivity contribution in [1.82, 2.24) is 4.98 Å². The summed E-state index contributed by atoms with van der Waals surface area (Å²) in [7, 11) is 0. The van der Waals surface area contributed by atoms with Gasteiger partial charge >= 0.3 is 0 Å². The van der Waals surface area contributed by atoms with E-state index in [0.717, 1.165) is 5.69 Å². The molecule has 0 aliphatic heterocycles. The largest absolute Gasteiger partial charge is 0.384 e. The van der Waals surface area contributed by atoms with E-state index in [9.17, 15) is 0 Å². The molecule has 3 nitrogen and oxygen atoms in total. The lowest BCUT2D eigenvalue weighted by atomic mass is 9.87. The van der Waals surface area contributed by atoms with Crippen LogP contribution in [-0.4, -0.2) is 4.98 Å². The van der Waals surface area contributed by atoms with Crippen LogP contribution in [0.2, 0.25) is 0 Å². The molecule has 0 fully saturated rings. The van der Waals surface area contributed by atoms with E-state index in [1.54, 1.807) is 6.20 Å². The lowest BCUT2D eigenvalue weighted by molar-refractivity contribution is 0.600. The van der Waals surface area contributed by atoms with Gasteiger partial charge in [-0.3, -0.25) is 0 Å². The van der Waals surface area contributed by atoms with Gasteiger partial charge in [-0.2, -0.15) is 0 Å². The Morgan fingerprint density at radius 1 is 1.17 bits per heavy atom. The van der Waals surface area contributed by atoms with E-state index in [2.05, 4.69) is 34.6 Å². The van der Waals surface area contributed by atoms with Gasteiger partial charge in [-0.1, -0.05) is 24.3 Å². The number of hydrogen-bond acceptors (Lipinski definition) is 3. The molecule has 92 valence electrons. The first-order valence-electron chi connectivity index (χ1n) is 6.39. The summed E-state index contributed by atoms with van der Waals surface area (Å²) in [5.74, 6) is 0.560. The molecule has 3 rings (SSSR count). The fourth-order valence-electron chi connectivity index (χ4n) is 2.60. The molecule has 1 aliphatic carbocycles. The standard InChI is InChI=1S/C15H17N3/c16-15-9-8-12(10-17-15)18-14-7-3-5-11-4-1-2-6-13(11)14/h1-2,4,6,8-10,14,18H,3,5,7H2,(H2,16,17). The average molecular weight is 239 g/mol. The lowest BCUT2D eigenvalue weighted by Gasteiger charge is -2.27. The van der Waals surface area contributed by atoms with Crippen LogP contribution < -0.4 is 11.1 Å². The highest BCUT2D eigenvalue weighted by Gasteiger charge is 2.19. The summed E-state index contributed by atoms with van der Waals surface area (Å²) >= 11 is 0. The predicted octanol–water partition coefficient (Wildman–Crippen LogP) is 3.15. The number of nitrogen functional groups attached to an aromatic ring is 1. The zero-order valence-corrected chi connectivity index (χ0v) is 10.3. The molecule has 3 N–H and O–H groups in total. The number of rotatable bonds is 2. The Hall–Kier alpha value is -2.03. The van der Waals surface area contributed by atoms with E-state index >= 15 is 0 Å². The van der Waals surface area contributed by atoms with Crippen molar-refractivity contribution in [2.45, 2.75) is 25.3 Å². The molecule has 0 spiro atoms. The monoisotopic (exact) mass is 239 g/mol. The van der Waals surface area contributed by atoms with Crippen molar-refractivity contribution in [3.05, 3.63) is 53.7 Å². The Morgan fingerprint density at radius 3 is 2.89 bits per heavy atom. The second-order valence-electron chi connectivity index (χ2n) is 4.76. The van der Waals surface area contributed by atoms with Gasteiger partial charge in [-0.05, 0) is 42.5 Å². The first-order valence-corrected chi connectivity index (χ1v) is 6.39. The van der Waals surface area contributed by atoms with Gasteiger partial charge in [0.15, 0.2) is 0 Å². The van der Waals surface area contributed by atoms with E-state index in [-0.39, 0.29) is 0 Å². The van der Waals surface area contributed by atoms with Crippen LogP contribution in [0, 0.1) is 0 Å². The van der Waals surface area contributed by atoms with Gasteiger partial charge in [0, 0.05) is 0 Å². The summed E-state index contributed by atoms with van der Waals surface area (Å²) in [4.78, 5) is 4.12. The summed E-state index contributed by atoms with van der Waals surface area (Å²) in [6, 6.07) is 12.9. The molecule has 1 aromatic carbocycles. The Bertz CT molecular complexity index is 534. The van der Waals surface area contributed by atoms with E-state index in [1.807, 2.05) is 12.1 Å². The third-order valence-electron chi connectivity index (χ3n) is 3.50. The van der Waals surface area contributed by atoms with Crippen LogP contribution in [0.3, 0.4) is 0 Å². The smallest absolute Gasteiger partial charge is 0.123 e. The molecule has 1 unspecified atom stereocenters. The van der Waals surface area contributed by atoms with Crippen LogP contribution in [0.5, 0.6) is 0 Å². The van der Waals surface area contributed by atoms with Crippen LogP contribution in [0.25, 0.3) is 0 Å². The third kappa shape index (κ3) is 2.16. The van der Waals surface area contributed by atoms with Gasteiger partial charge in [0.1, 0.15) is 5.82 Å². The molecule has 0 amide bonds. The zero-order valence-electron chi connectivity index (χ0n) is 10.3. The van der Waals surface area contributed by atoms with Crippen LogP contribution >= 0.6 is 0 Å². The summed E-state index contributed by atoms with van der Waals surface area (Å²) in [6.07, 6.45) is 5.39. The molecule has 3 heteroatoms. The second-order valence-corrected chi connectivity index (χ2v) is 4.76. The Kier molecular flexibility index (Phi) is 2.89. The van der Waals surface area contributed by atoms with Gasteiger partial charge in [-0.15, -0.1) is 0 Å². The maximum Gasteiger partial charge on any atom is 0.123 e. The molecule has 2 aromatic rings. The number of benzene rings is 1. The van der Waals surface area contributed by atoms with Gasteiger partial charge in [0.05, 0.1) is 17.9 Å². The summed E-state index contributed by atoms with van der Waals surface area (Å²) in [6.45, 7) is 0. The molecule has 0 bridgehead atoms. The van der Waals surface area contributed by atoms with Crippen LogP contribution in [0.15, 0.2) is 42.6 Å². The van der Waals surface area contributed by atoms with Gasteiger partial charge in [0.2, 0.25) is 0 Å². The number of anilines is 2. The number of nitrogens with zero attached hydrogens (tertiary/aromatic N) is 1. The second kappa shape index (κ2) is 4.69. The Morgan fingerprint density at radius 2 is 2.06 bits per heavy atom. The minimum absolute atomic E-state index is 0.389. The Balaban J connectivity index is 1.84. The van der Waals surface area contributed by atoms with Crippen LogP contribution in [0.1, 0.15) is 30.0 Å². The number of nitrogens with one attached hydrogen (secondary N) is 1. The topological polar surface area (TPSA) is 50.9 Å². The SMILES string of the molecule is Nc1ccc(NC2CCCc3ccccc32)cn1. The molecule has 1 aliphatic rings. The highest BCUT2D eigenvalue weighted by atomic mass is 14.9. The molecule has 18 heavy (non-hydrogen) atoms. The van der Waals surface area contributed by atoms with E-state index in [4.69, 9.17) is 5.73 Å². The number of fused-ring (bicyclic) bond motifs is 1. The van der Waals surface area contributed by atoms with E-state index < -0.39 is 0 Å². The van der Waals surface area contributed by atoms with Crippen molar-refractivity contribution in [2.75, 3.05) is 11.1 Å². The molecular formula is C15H17N3. The van der Waals surface area contributed by atoms with Crippen molar-refractivity contribution in [3.8, 4) is 0 Å². The van der Waals surface area contributed by atoms with Gasteiger partial charge in [0.25, 0.3) is 0 Å². The predicted molar refractivity (Wildman–Crippen MR) is 74.4 cm³/mol. The normalized spacial score (nSPS) is 18.1. The lowest BCUT2D eigenvalue weighted by Crippen LogP contribution is -2.17. The van der Waals surface area contributed by atoms with Crippen LogP contribution in [-0.2, 0) is 6.42 Å². The number of aromatic nitrogens is 1. The molecule has 1 heterocycles. The summed E-state index contributed by atoms with van der Waals surface area (Å²) in [5.41, 5.74) is 9.51. The highest BCUT2D eigenvalue weighted by molar-refractivity contribution is 5.48. The minimum Gasteiger partial charge on any atom is -0.384 e. The number of aryl methyl sites for hydroxylation is 1. The van der Waals surface area contributed by atoms with Gasteiger partial charge in [-0.25, -0.2) is 4.98 Å². The number of pyridine rings is 1. The maximum absolute atomic E-state index is 5.60. The minimum atomic E-state index is 0.389. The molecule has 0 saturated heterocycles. The maximum atomic E-state index is 5.60. The third-order valence-corrected chi connectivity index (χ3v) is 3.50. The fraction of sp³-hybridized carbons (Fsp3) is 0.267. The van der Waals surface area contributed by atoms with Crippen molar-refractivity contribution >= 4 is 11.5 Å². The molecule has 1 aromatic heterocycles. The summed E-state index contributed by atoms with van der Waals surface area (Å²) in [5, 5.41) is 3.55.